The fourth-order valence-electron chi connectivity index (χ4n) is 3.83. The van der Waals surface area contributed by atoms with Crippen LogP contribution in [0.2, 0.25) is 0 Å². The number of nitrogens with one attached hydrogen (secondary N) is 2. The van der Waals surface area contributed by atoms with Gasteiger partial charge in [0.1, 0.15) is 12.0 Å². The number of halogens is 1. The first-order valence-electron chi connectivity index (χ1n) is 9.70. The molecule has 30 heavy (non-hydrogen) atoms. The Kier molecular flexibility index (Phi) is 4.52. The molecule has 3 aromatic carbocycles. The molecule has 2 N–H and O–H groups in total. The van der Waals surface area contributed by atoms with Gasteiger partial charge in [0, 0.05) is 23.4 Å². The second kappa shape index (κ2) is 7.48. The highest BCUT2D eigenvalue weighted by Gasteiger charge is 2.34. The number of aromatic amines is 1. The van der Waals surface area contributed by atoms with E-state index in [-0.39, 0.29) is 11.7 Å². The second-order valence-corrected chi connectivity index (χ2v) is 7.22. The average Bonchev–Trinajstić information content (AvgIpc) is 3.26. The first-order chi connectivity index (χ1) is 14.7. The highest BCUT2D eigenvalue weighted by molar-refractivity contribution is 6.01. The number of nitrogens with zero attached hydrogens (tertiary/aromatic N) is 2. The highest BCUT2D eigenvalue weighted by Crippen LogP contribution is 2.37. The van der Waals surface area contributed by atoms with E-state index in [1.165, 1.54) is 12.1 Å². The number of benzene rings is 3. The van der Waals surface area contributed by atoms with Crippen molar-refractivity contribution in [2.75, 3.05) is 5.32 Å². The summed E-state index contributed by atoms with van der Waals surface area (Å²) < 4.78 is 13.4. The minimum absolute atomic E-state index is 0.0514. The first-order valence-corrected chi connectivity index (χ1v) is 9.70. The number of rotatable bonds is 4. The van der Waals surface area contributed by atoms with Gasteiger partial charge in [-0.2, -0.15) is 5.10 Å². The minimum atomic E-state index is -0.425. The van der Waals surface area contributed by atoms with Crippen molar-refractivity contribution in [3.8, 4) is 11.3 Å². The van der Waals surface area contributed by atoms with E-state index in [4.69, 9.17) is 0 Å². The number of amides is 1. The molecular formula is C24H19FN4O. The molecule has 1 aromatic heterocycles. The van der Waals surface area contributed by atoms with Crippen LogP contribution in [0.1, 0.15) is 27.7 Å². The first kappa shape index (κ1) is 18.1. The second-order valence-electron chi connectivity index (χ2n) is 7.22. The molecule has 0 fully saturated rings. The van der Waals surface area contributed by atoms with Crippen molar-refractivity contribution < 1.29 is 9.18 Å². The van der Waals surface area contributed by atoms with Crippen LogP contribution in [0.3, 0.4) is 0 Å². The summed E-state index contributed by atoms with van der Waals surface area (Å²) >= 11 is 0. The van der Waals surface area contributed by atoms with Crippen molar-refractivity contribution in [2.24, 2.45) is 0 Å². The summed E-state index contributed by atoms with van der Waals surface area (Å²) in [5.41, 5.74) is 4.82. The fourth-order valence-corrected chi connectivity index (χ4v) is 3.83. The van der Waals surface area contributed by atoms with Crippen molar-refractivity contribution in [3.63, 3.8) is 0 Å². The van der Waals surface area contributed by atoms with Gasteiger partial charge in [0.15, 0.2) is 0 Å². The molecule has 148 valence electrons. The van der Waals surface area contributed by atoms with Crippen LogP contribution in [-0.4, -0.2) is 21.0 Å². The third-order valence-electron chi connectivity index (χ3n) is 5.31. The van der Waals surface area contributed by atoms with Gasteiger partial charge in [-0.05, 0) is 42.0 Å². The van der Waals surface area contributed by atoms with Crippen molar-refractivity contribution in [3.05, 3.63) is 108 Å². The summed E-state index contributed by atoms with van der Waals surface area (Å²) in [5.74, 6) is -0.352. The van der Waals surface area contributed by atoms with Gasteiger partial charge in [0.05, 0.1) is 17.5 Å². The molecule has 0 radical (unpaired) electrons. The van der Waals surface area contributed by atoms with Crippen LogP contribution < -0.4 is 5.32 Å². The van der Waals surface area contributed by atoms with Gasteiger partial charge < -0.3 is 10.2 Å². The quantitative estimate of drug-likeness (QED) is 0.510. The molecule has 1 unspecified atom stereocenters. The molecule has 5 rings (SSSR count). The maximum atomic E-state index is 13.4. The summed E-state index contributed by atoms with van der Waals surface area (Å²) in [6.45, 7) is 0.444. The molecule has 5 nitrogen and oxygen atoms in total. The number of hydrogen-bond donors (Lipinski definition) is 2. The molecule has 2 heterocycles. The van der Waals surface area contributed by atoms with E-state index in [9.17, 15) is 9.18 Å². The van der Waals surface area contributed by atoms with E-state index in [1.807, 2.05) is 54.6 Å². The Balaban J connectivity index is 1.59. The Hall–Kier alpha value is -3.93. The van der Waals surface area contributed by atoms with E-state index in [0.717, 1.165) is 28.1 Å². The number of carbonyl (C=O) groups is 1. The third kappa shape index (κ3) is 3.22. The summed E-state index contributed by atoms with van der Waals surface area (Å²) in [6.07, 6.45) is 1.29. The molecule has 0 bridgehead atoms. The minimum Gasteiger partial charge on any atom is -0.361 e. The van der Waals surface area contributed by atoms with Gasteiger partial charge in [-0.3, -0.25) is 9.89 Å². The molecule has 0 saturated heterocycles. The number of para-hydroxylation sites is 1. The lowest BCUT2D eigenvalue weighted by Gasteiger charge is -2.38. The number of H-pyrrole nitrogens is 1. The monoisotopic (exact) mass is 398 g/mol. The topological polar surface area (TPSA) is 61.0 Å². The number of fused-ring (bicyclic) bond motifs is 1. The summed E-state index contributed by atoms with van der Waals surface area (Å²) in [5, 5.41) is 10.7. The van der Waals surface area contributed by atoms with E-state index in [2.05, 4.69) is 15.5 Å². The van der Waals surface area contributed by atoms with Gasteiger partial charge in [0.2, 0.25) is 0 Å². The fraction of sp³-hybridized carbons (Fsp3) is 0.0833. The van der Waals surface area contributed by atoms with Crippen molar-refractivity contribution >= 4 is 11.6 Å². The number of hydrogen-bond acceptors (Lipinski definition) is 3. The van der Waals surface area contributed by atoms with Gasteiger partial charge >= 0.3 is 0 Å². The zero-order valence-corrected chi connectivity index (χ0v) is 16.0. The van der Waals surface area contributed by atoms with Crippen LogP contribution in [0, 0.1) is 5.82 Å². The maximum Gasteiger partial charge on any atom is 0.258 e. The molecule has 4 aromatic rings. The smallest absolute Gasteiger partial charge is 0.258 e. The van der Waals surface area contributed by atoms with Crippen LogP contribution in [0.15, 0.2) is 85.1 Å². The van der Waals surface area contributed by atoms with Crippen LogP contribution >= 0.6 is 0 Å². The van der Waals surface area contributed by atoms with Crippen molar-refractivity contribution in [2.45, 2.75) is 12.7 Å². The van der Waals surface area contributed by atoms with Gasteiger partial charge in [-0.1, -0.05) is 42.5 Å². The van der Waals surface area contributed by atoms with E-state index >= 15 is 0 Å². The lowest BCUT2D eigenvalue weighted by molar-refractivity contribution is 0.0667. The number of carbonyl (C=O) groups excluding carboxylic acids is 1. The predicted octanol–water partition coefficient (Wildman–Crippen LogP) is 4.98. The lowest BCUT2D eigenvalue weighted by atomic mass is 10.0. The van der Waals surface area contributed by atoms with E-state index in [1.54, 1.807) is 23.2 Å². The van der Waals surface area contributed by atoms with E-state index < -0.39 is 6.17 Å². The van der Waals surface area contributed by atoms with Gasteiger partial charge in [-0.15, -0.1) is 0 Å². The molecule has 1 amide bonds. The van der Waals surface area contributed by atoms with E-state index in [0.29, 0.717) is 12.1 Å². The SMILES string of the molecule is O=C1c2ccccc2NC(c2cn[nH]c2-c2ccc(F)cc2)N1Cc1ccccc1. The van der Waals surface area contributed by atoms with Crippen LogP contribution in [0.5, 0.6) is 0 Å². The van der Waals surface area contributed by atoms with Crippen molar-refractivity contribution in [1.82, 2.24) is 15.1 Å². The predicted molar refractivity (Wildman–Crippen MR) is 113 cm³/mol. The molecule has 0 spiro atoms. The largest absolute Gasteiger partial charge is 0.361 e. The molecule has 1 aliphatic rings. The number of anilines is 1. The van der Waals surface area contributed by atoms with Crippen LogP contribution in [0.25, 0.3) is 11.3 Å². The van der Waals surface area contributed by atoms with Crippen LogP contribution in [-0.2, 0) is 6.54 Å². The average molecular weight is 398 g/mol. The summed E-state index contributed by atoms with van der Waals surface area (Å²) in [4.78, 5) is 15.2. The Morgan fingerprint density at radius 2 is 1.67 bits per heavy atom. The molecule has 0 saturated carbocycles. The van der Waals surface area contributed by atoms with Gasteiger partial charge in [-0.25, -0.2) is 4.39 Å². The summed E-state index contributed by atoms with van der Waals surface area (Å²) in [6, 6.07) is 23.6. The zero-order valence-electron chi connectivity index (χ0n) is 16.0. The molecule has 0 aliphatic carbocycles. The maximum absolute atomic E-state index is 13.4. The third-order valence-corrected chi connectivity index (χ3v) is 5.31. The van der Waals surface area contributed by atoms with Gasteiger partial charge in [0.25, 0.3) is 5.91 Å². The van der Waals surface area contributed by atoms with Crippen molar-refractivity contribution in [1.29, 1.82) is 0 Å². The lowest BCUT2D eigenvalue weighted by Crippen LogP contribution is -2.42. The Morgan fingerprint density at radius 1 is 0.933 bits per heavy atom. The molecule has 1 aliphatic heterocycles. The molecule has 6 heteroatoms. The Morgan fingerprint density at radius 3 is 2.47 bits per heavy atom. The standard InChI is InChI=1S/C24H19FN4O/c25-18-12-10-17(11-13-18)22-20(14-26-28-22)23-27-21-9-5-4-8-19(21)24(30)29(23)15-16-6-2-1-3-7-16/h1-14,23,27H,15H2,(H,26,28). The highest BCUT2D eigenvalue weighted by atomic mass is 19.1. The zero-order chi connectivity index (χ0) is 20.5. The normalized spacial score (nSPS) is 15.6. The molecule has 1 atom stereocenters. The summed E-state index contributed by atoms with van der Waals surface area (Å²) in [7, 11) is 0. The van der Waals surface area contributed by atoms with Crippen LogP contribution in [0.4, 0.5) is 10.1 Å². The number of aromatic nitrogens is 2. The Bertz CT molecular complexity index is 1190. The molecular weight excluding hydrogens is 379 g/mol. The Labute approximate surface area is 173 Å².